The maximum Gasteiger partial charge on any atom is 0.0706 e. The normalized spacial score (nSPS) is 20.0. The number of nitrogens with zero attached hydrogens (tertiary/aromatic N) is 2. The number of rotatable bonds is 6. The van der Waals surface area contributed by atoms with Gasteiger partial charge in [-0.3, -0.25) is 0 Å². The number of para-hydroxylation sites is 1. The average Bonchev–Trinajstić information content (AvgIpc) is 3.65. The van der Waals surface area contributed by atoms with E-state index in [9.17, 15) is 0 Å². The van der Waals surface area contributed by atoms with Gasteiger partial charge in [0.2, 0.25) is 0 Å². The molecule has 1 fully saturated rings. The second-order valence-electron chi connectivity index (χ2n) is 9.21. The Balaban J connectivity index is 1.39. The average molecular weight is 441 g/mol. The fourth-order valence-electron chi connectivity index (χ4n) is 5.18. The molecule has 0 radical (unpaired) electrons. The highest BCUT2D eigenvalue weighted by atomic mass is 15.2. The van der Waals surface area contributed by atoms with Gasteiger partial charge in [-0.15, -0.1) is 0 Å². The van der Waals surface area contributed by atoms with Crippen molar-refractivity contribution in [3.8, 4) is 11.1 Å². The standard InChI is InChI=1S/C32H28N2/c1-33(28-15-6-3-7-16-28)29-18-20-30(21-19-29)34(32-22-9-8-14-27(32)24-32)31-17-10-13-26(23-31)25-11-4-2-5-12-25/h2-23,27H,24H2,1H3. The van der Waals surface area contributed by atoms with E-state index in [-0.39, 0.29) is 5.54 Å². The van der Waals surface area contributed by atoms with Crippen molar-refractivity contribution in [2.45, 2.75) is 12.0 Å². The predicted octanol–water partition coefficient (Wildman–Crippen LogP) is 8.14. The number of benzene rings is 4. The highest BCUT2D eigenvalue weighted by Gasteiger charge is 2.56. The van der Waals surface area contributed by atoms with Crippen molar-refractivity contribution in [3.05, 3.63) is 133 Å². The van der Waals surface area contributed by atoms with Gasteiger partial charge in [0.1, 0.15) is 0 Å². The van der Waals surface area contributed by atoms with E-state index in [2.05, 4.69) is 150 Å². The molecule has 0 saturated heterocycles. The first-order valence-corrected chi connectivity index (χ1v) is 12.0. The second-order valence-corrected chi connectivity index (χ2v) is 9.21. The van der Waals surface area contributed by atoms with Gasteiger partial charge in [0.05, 0.1) is 5.54 Å². The summed E-state index contributed by atoms with van der Waals surface area (Å²) < 4.78 is 0. The van der Waals surface area contributed by atoms with E-state index >= 15 is 0 Å². The summed E-state index contributed by atoms with van der Waals surface area (Å²) in [6, 6.07) is 39.1. The summed E-state index contributed by atoms with van der Waals surface area (Å²) in [5.74, 6) is 0.546. The molecule has 2 aliphatic rings. The third kappa shape index (κ3) is 3.62. The zero-order valence-electron chi connectivity index (χ0n) is 19.4. The van der Waals surface area contributed by atoms with Crippen molar-refractivity contribution in [1.82, 2.24) is 0 Å². The van der Waals surface area contributed by atoms with Gasteiger partial charge >= 0.3 is 0 Å². The smallest absolute Gasteiger partial charge is 0.0706 e. The zero-order valence-corrected chi connectivity index (χ0v) is 19.4. The van der Waals surface area contributed by atoms with Crippen molar-refractivity contribution in [2.24, 2.45) is 5.92 Å². The minimum absolute atomic E-state index is 0.0108. The van der Waals surface area contributed by atoms with Gasteiger partial charge in [0.25, 0.3) is 0 Å². The van der Waals surface area contributed by atoms with Crippen LogP contribution in [0, 0.1) is 5.92 Å². The minimum Gasteiger partial charge on any atom is -0.345 e. The Morgan fingerprint density at radius 3 is 1.97 bits per heavy atom. The topological polar surface area (TPSA) is 6.48 Å². The van der Waals surface area contributed by atoms with Crippen LogP contribution in [0.25, 0.3) is 11.1 Å². The predicted molar refractivity (Wildman–Crippen MR) is 144 cm³/mol. The van der Waals surface area contributed by atoms with Crippen LogP contribution in [0.5, 0.6) is 0 Å². The molecule has 1 saturated carbocycles. The quantitative estimate of drug-likeness (QED) is 0.298. The van der Waals surface area contributed by atoms with Crippen LogP contribution in [0.2, 0.25) is 0 Å². The maximum absolute atomic E-state index is 2.54. The van der Waals surface area contributed by atoms with E-state index in [1.54, 1.807) is 0 Å². The summed E-state index contributed by atoms with van der Waals surface area (Å²) in [6.45, 7) is 0. The van der Waals surface area contributed by atoms with Crippen LogP contribution in [0.3, 0.4) is 0 Å². The molecular weight excluding hydrogens is 412 g/mol. The maximum atomic E-state index is 2.54. The Bertz CT molecular complexity index is 1340. The van der Waals surface area contributed by atoms with Crippen molar-refractivity contribution in [2.75, 3.05) is 16.8 Å². The van der Waals surface area contributed by atoms with Crippen LogP contribution in [-0.4, -0.2) is 12.6 Å². The molecule has 2 heteroatoms. The highest BCUT2D eigenvalue weighted by molar-refractivity contribution is 5.77. The third-order valence-corrected chi connectivity index (χ3v) is 7.13. The molecule has 0 N–H and O–H groups in total. The summed E-state index contributed by atoms with van der Waals surface area (Å²) in [5.41, 5.74) is 7.31. The number of hydrogen-bond donors (Lipinski definition) is 0. The van der Waals surface area contributed by atoms with Crippen LogP contribution in [0.1, 0.15) is 6.42 Å². The van der Waals surface area contributed by atoms with Gasteiger partial charge < -0.3 is 9.80 Å². The molecule has 0 aromatic heterocycles. The number of allylic oxidation sites excluding steroid dienone is 2. The summed E-state index contributed by atoms with van der Waals surface area (Å²) in [5, 5.41) is 0. The number of hydrogen-bond acceptors (Lipinski definition) is 2. The third-order valence-electron chi connectivity index (χ3n) is 7.13. The molecule has 6 rings (SSSR count). The summed E-state index contributed by atoms with van der Waals surface area (Å²) in [7, 11) is 2.12. The fraction of sp³-hybridized carbons (Fsp3) is 0.125. The Hall–Kier alpha value is -4.04. The zero-order chi connectivity index (χ0) is 23.0. The lowest BCUT2D eigenvalue weighted by molar-refractivity contribution is 0.752. The van der Waals surface area contributed by atoms with E-state index in [1.165, 1.54) is 33.9 Å². The molecule has 0 amide bonds. The molecule has 2 atom stereocenters. The molecule has 2 unspecified atom stereocenters. The monoisotopic (exact) mass is 440 g/mol. The van der Waals surface area contributed by atoms with E-state index in [1.807, 2.05) is 0 Å². The molecule has 4 aromatic carbocycles. The van der Waals surface area contributed by atoms with Crippen LogP contribution in [-0.2, 0) is 0 Å². The number of fused-ring (bicyclic) bond motifs is 1. The Morgan fingerprint density at radius 2 is 1.24 bits per heavy atom. The summed E-state index contributed by atoms with van der Waals surface area (Å²) >= 11 is 0. The largest absolute Gasteiger partial charge is 0.345 e. The molecular formula is C32H28N2. The van der Waals surface area contributed by atoms with Crippen molar-refractivity contribution < 1.29 is 0 Å². The summed E-state index contributed by atoms with van der Waals surface area (Å²) in [4.78, 5) is 4.77. The molecule has 2 aliphatic carbocycles. The molecule has 4 aromatic rings. The van der Waals surface area contributed by atoms with E-state index < -0.39 is 0 Å². The number of anilines is 4. The molecule has 0 heterocycles. The fourth-order valence-corrected chi connectivity index (χ4v) is 5.18. The van der Waals surface area contributed by atoms with E-state index in [0.717, 1.165) is 6.42 Å². The first-order chi connectivity index (χ1) is 16.7. The Kier molecular flexibility index (Phi) is 5.07. The van der Waals surface area contributed by atoms with Crippen LogP contribution < -0.4 is 9.80 Å². The lowest BCUT2D eigenvalue weighted by Gasteiger charge is -2.35. The van der Waals surface area contributed by atoms with Crippen LogP contribution in [0.15, 0.2) is 133 Å². The summed E-state index contributed by atoms with van der Waals surface area (Å²) in [6.07, 6.45) is 10.3. The van der Waals surface area contributed by atoms with Gasteiger partial charge in [0.15, 0.2) is 0 Å². The molecule has 0 spiro atoms. The molecule has 34 heavy (non-hydrogen) atoms. The lowest BCUT2D eigenvalue weighted by atomic mass is 10.0. The van der Waals surface area contributed by atoms with Crippen LogP contribution >= 0.6 is 0 Å². The van der Waals surface area contributed by atoms with Gasteiger partial charge in [-0.1, -0.05) is 85.0 Å². The second kappa shape index (κ2) is 8.39. The van der Waals surface area contributed by atoms with Crippen molar-refractivity contribution in [3.63, 3.8) is 0 Å². The first-order valence-electron chi connectivity index (χ1n) is 12.0. The molecule has 0 bridgehead atoms. The van der Waals surface area contributed by atoms with Gasteiger partial charge in [-0.2, -0.15) is 0 Å². The van der Waals surface area contributed by atoms with E-state index in [0.29, 0.717) is 5.92 Å². The SMILES string of the molecule is CN(c1ccccc1)c1ccc(N(c2cccc(-c3ccccc3)c2)C23C=CC=CC2C3)cc1. The van der Waals surface area contributed by atoms with Crippen molar-refractivity contribution >= 4 is 22.7 Å². The van der Waals surface area contributed by atoms with Crippen LogP contribution in [0.4, 0.5) is 22.7 Å². The van der Waals surface area contributed by atoms with Crippen molar-refractivity contribution in [1.29, 1.82) is 0 Å². The molecule has 0 aliphatic heterocycles. The Morgan fingerprint density at radius 1 is 0.618 bits per heavy atom. The molecule has 2 nitrogen and oxygen atoms in total. The Labute approximate surface area is 202 Å². The highest BCUT2D eigenvalue weighted by Crippen LogP contribution is 2.56. The van der Waals surface area contributed by atoms with E-state index in [4.69, 9.17) is 0 Å². The van der Waals surface area contributed by atoms with Gasteiger partial charge in [0, 0.05) is 35.7 Å². The molecule has 166 valence electrons. The van der Waals surface area contributed by atoms with Gasteiger partial charge in [-0.05, 0) is 66.1 Å². The first kappa shape index (κ1) is 20.6. The lowest BCUT2D eigenvalue weighted by Crippen LogP contribution is -2.34. The minimum atomic E-state index is 0.0108. The van der Waals surface area contributed by atoms with Gasteiger partial charge in [-0.25, -0.2) is 0 Å².